The maximum absolute atomic E-state index is 3.54. The first-order valence-corrected chi connectivity index (χ1v) is 7.76. The Bertz CT molecular complexity index is 400. The molecule has 1 atom stereocenters. The highest BCUT2D eigenvalue weighted by atomic mass is 15.1. The molecule has 1 saturated heterocycles. The predicted octanol–water partition coefficient (Wildman–Crippen LogP) is 3.73. The molecule has 1 fully saturated rings. The number of nitrogens with one attached hydrogen (secondary N) is 1. The first kappa shape index (κ1) is 14.4. The minimum Gasteiger partial charge on any atom is -0.371 e. The van der Waals surface area contributed by atoms with Gasteiger partial charge in [-0.25, -0.2) is 0 Å². The molecular weight excluding hydrogens is 232 g/mol. The second-order valence-electron chi connectivity index (χ2n) is 6.00. The summed E-state index contributed by atoms with van der Waals surface area (Å²) in [6.07, 6.45) is 3.91. The summed E-state index contributed by atoms with van der Waals surface area (Å²) >= 11 is 0. The molecule has 0 spiro atoms. The number of aryl methyl sites for hydroxylation is 1. The van der Waals surface area contributed by atoms with Gasteiger partial charge in [-0.2, -0.15) is 0 Å². The van der Waals surface area contributed by atoms with Crippen molar-refractivity contribution in [3.63, 3.8) is 0 Å². The maximum Gasteiger partial charge on any atom is 0.0412 e. The van der Waals surface area contributed by atoms with Gasteiger partial charge in [0.05, 0.1) is 0 Å². The van der Waals surface area contributed by atoms with Crippen LogP contribution in [0.3, 0.4) is 0 Å². The molecule has 106 valence electrons. The summed E-state index contributed by atoms with van der Waals surface area (Å²) in [6.45, 7) is 11.3. The van der Waals surface area contributed by atoms with Gasteiger partial charge in [0.25, 0.3) is 0 Å². The lowest BCUT2D eigenvalue weighted by Crippen LogP contribution is -2.35. The Balaban J connectivity index is 2.13. The summed E-state index contributed by atoms with van der Waals surface area (Å²) in [6, 6.07) is 6.91. The van der Waals surface area contributed by atoms with Crippen molar-refractivity contribution in [2.45, 2.75) is 46.6 Å². The van der Waals surface area contributed by atoms with Crippen molar-refractivity contribution >= 4 is 5.69 Å². The van der Waals surface area contributed by atoms with Crippen molar-refractivity contribution in [2.24, 2.45) is 5.92 Å². The third-order valence-corrected chi connectivity index (χ3v) is 3.97. The Labute approximate surface area is 118 Å². The van der Waals surface area contributed by atoms with Crippen LogP contribution in [0.1, 0.15) is 44.2 Å². The molecule has 0 aliphatic carbocycles. The molecule has 1 aromatic rings. The van der Waals surface area contributed by atoms with Gasteiger partial charge in [-0.05, 0) is 50.3 Å². The molecule has 0 radical (unpaired) electrons. The van der Waals surface area contributed by atoms with Crippen molar-refractivity contribution in [1.29, 1.82) is 0 Å². The summed E-state index contributed by atoms with van der Waals surface area (Å²) in [7, 11) is 0. The van der Waals surface area contributed by atoms with Gasteiger partial charge >= 0.3 is 0 Å². The van der Waals surface area contributed by atoms with E-state index < -0.39 is 0 Å². The lowest BCUT2D eigenvalue weighted by molar-refractivity contribution is 0.446. The van der Waals surface area contributed by atoms with Gasteiger partial charge in [0, 0.05) is 25.3 Å². The number of hydrogen-bond acceptors (Lipinski definition) is 2. The molecule has 1 heterocycles. The van der Waals surface area contributed by atoms with Crippen molar-refractivity contribution in [3.8, 4) is 0 Å². The van der Waals surface area contributed by atoms with Crippen LogP contribution in [0.2, 0.25) is 0 Å². The van der Waals surface area contributed by atoms with E-state index in [2.05, 4.69) is 49.2 Å². The van der Waals surface area contributed by atoms with E-state index in [1.54, 1.807) is 0 Å². The summed E-state index contributed by atoms with van der Waals surface area (Å²) in [5, 5.41) is 3.54. The fourth-order valence-corrected chi connectivity index (χ4v) is 2.97. The Hall–Kier alpha value is -1.02. The molecule has 2 heteroatoms. The van der Waals surface area contributed by atoms with E-state index >= 15 is 0 Å². The van der Waals surface area contributed by atoms with E-state index in [0.717, 1.165) is 19.0 Å². The van der Waals surface area contributed by atoms with Crippen molar-refractivity contribution in [3.05, 3.63) is 29.3 Å². The largest absolute Gasteiger partial charge is 0.371 e. The number of anilines is 1. The zero-order valence-electron chi connectivity index (χ0n) is 12.7. The van der Waals surface area contributed by atoms with Gasteiger partial charge in [0.15, 0.2) is 0 Å². The molecule has 19 heavy (non-hydrogen) atoms. The summed E-state index contributed by atoms with van der Waals surface area (Å²) in [5.74, 6) is 0.825. The van der Waals surface area contributed by atoms with E-state index in [-0.39, 0.29) is 0 Å². The number of rotatable bonds is 5. The number of nitrogens with zero attached hydrogens (tertiary/aromatic N) is 1. The van der Waals surface area contributed by atoms with Crippen molar-refractivity contribution in [2.75, 3.05) is 24.5 Å². The Morgan fingerprint density at radius 1 is 1.37 bits per heavy atom. The lowest BCUT2D eigenvalue weighted by atomic mass is 9.98. The first-order chi connectivity index (χ1) is 9.20. The second-order valence-corrected chi connectivity index (χ2v) is 6.00. The Morgan fingerprint density at radius 2 is 2.21 bits per heavy atom. The fourth-order valence-electron chi connectivity index (χ4n) is 2.97. The SMILES string of the molecule is CCCNCc1cc(C)ccc1N1CCCC(C)C1. The van der Waals surface area contributed by atoms with Crippen LogP contribution < -0.4 is 10.2 Å². The topological polar surface area (TPSA) is 15.3 Å². The second kappa shape index (κ2) is 6.95. The van der Waals surface area contributed by atoms with Gasteiger partial charge in [0.2, 0.25) is 0 Å². The molecule has 2 nitrogen and oxygen atoms in total. The average Bonchev–Trinajstić information content (AvgIpc) is 2.39. The van der Waals surface area contributed by atoms with Crippen molar-refractivity contribution in [1.82, 2.24) is 5.32 Å². The highest BCUT2D eigenvalue weighted by molar-refractivity contribution is 5.55. The molecule has 2 rings (SSSR count). The predicted molar refractivity (Wildman–Crippen MR) is 83.8 cm³/mol. The number of piperidine rings is 1. The van der Waals surface area contributed by atoms with Crippen LogP contribution in [-0.2, 0) is 6.54 Å². The molecule has 1 aliphatic heterocycles. The molecule has 1 aromatic carbocycles. The van der Waals surface area contributed by atoms with E-state index in [4.69, 9.17) is 0 Å². The summed E-state index contributed by atoms with van der Waals surface area (Å²) in [5.41, 5.74) is 4.27. The molecule has 0 amide bonds. The van der Waals surface area contributed by atoms with Crippen LogP contribution in [0.25, 0.3) is 0 Å². The number of hydrogen-bond donors (Lipinski definition) is 1. The zero-order chi connectivity index (χ0) is 13.7. The van der Waals surface area contributed by atoms with Gasteiger partial charge in [0.1, 0.15) is 0 Å². The van der Waals surface area contributed by atoms with E-state index in [0.29, 0.717) is 0 Å². The molecule has 0 bridgehead atoms. The standard InChI is InChI=1S/C17H28N2/c1-4-9-18-12-16-11-14(2)7-8-17(16)19-10-5-6-15(3)13-19/h7-8,11,15,18H,4-6,9-10,12-13H2,1-3H3. The Kier molecular flexibility index (Phi) is 5.26. The minimum atomic E-state index is 0.825. The minimum absolute atomic E-state index is 0.825. The molecular formula is C17H28N2. The molecule has 1 aliphatic rings. The van der Waals surface area contributed by atoms with Crippen molar-refractivity contribution < 1.29 is 0 Å². The quantitative estimate of drug-likeness (QED) is 0.812. The monoisotopic (exact) mass is 260 g/mol. The zero-order valence-corrected chi connectivity index (χ0v) is 12.7. The first-order valence-electron chi connectivity index (χ1n) is 7.76. The Morgan fingerprint density at radius 3 is 2.95 bits per heavy atom. The van der Waals surface area contributed by atoms with Crippen LogP contribution in [0, 0.1) is 12.8 Å². The highest BCUT2D eigenvalue weighted by Gasteiger charge is 2.18. The van der Waals surface area contributed by atoms with E-state index in [1.165, 1.54) is 49.2 Å². The van der Waals surface area contributed by atoms with Crippen LogP contribution >= 0.6 is 0 Å². The normalized spacial score (nSPS) is 19.7. The molecule has 1 unspecified atom stereocenters. The van der Waals surface area contributed by atoms with Crippen LogP contribution in [-0.4, -0.2) is 19.6 Å². The van der Waals surface area contributed by atoms with Crippen LogP contribution in [0.4, 0.5) is 5.69 Å². The van der Waals surface area contributed by atoms with Crippen LogP contribution in [0.15, 0.2) is 18.2 Å². The molecule has 0 aromatic heterocycles. The lowest BCUT2D eigenvalue weighted by Gasteiger charge is -2.34. The summed E-state index contributed by atoms with van der Waals surface area (Å²) < 4.78 is 0. The fraction of sp³-hybridized carbons (Fsp3) is 0.647. The third kappa shape index (κ3) is 3.97. The van der Waals surface area contributed by atoms with Gasteiger partial charge in [-0.3, -0.25) is 0 Å². The van der Waals surface area contributed by atoms with Crippen LogP contribution in [0.5, 0.6) is 0 Å². The smallest absolute Gasteiger partial charge is 0.0412 e. The summed E-state index contributed by atoms with van der Waals surface area (Å²) in [4.78, 5) is 2.58. The van der Waals surface area contributed by atoms with E-state index in [9.17, 15) is 0 Å². The van der Waals surface area contributed by atoms with Gasteiger partial charge in [-0.15, -0.1) is 0 Å². The number of benzene rings is 1. The maximum atomic E-state index is 3.54. The third-order valence-electron chi connectivity index (χ3n) is 3.97. The molecule has 1 N–H and O–H groups in total. The molecule has 0 saturated carbocycles. The van der Waals surface area contributed by atoms with E-state index in [1.807, 2.05) is 0 Å². The van der Waals surface area contributed by atoms with Gasteiger partial charge in [-0.1, -0.05) is 31.5 Å². The average molecular weight is 260 g/mol. The van der Waals surface area contributed by atoms with Gasteiger partial charge < -0.3 is 10.2 Å². The highest BCUT2D eigenvalue weighted by Crippen LogP contribution is 2.27.